The Morgan fingerprint density at radius 3 is 2.41 bits per heavy atom. The summed E-state index contributed by atoms with van der Waals surface area (Å²) in [7, 11) is 0. The molecule has 0 radical (unpaired) electrons. The fourth-order valence-corrected chi connectivity index (χ4v) is 1.34. The predicted molar refractivity (Wildman–Crippen MR) is 68.6 cm³/mol. The highest BCUT2D eigenvalue weighted by Gasteiger charge is 2.19. The highest BCUT2D eigenvalue weighted by atomic mass is 16.5. The molecule has 0 saturated carbocycles. The fourth-order valence-electron chi connectivity index (χ4n) is 1.34. The summed E-state index contributed by atoms with van der Waals surface area (Å²) in [6, 6.07) is 9.83. The van der Waals surface area contributed by atoms with Crippen molar-refractivity contribution in [2.75, 3.05) is 0 Å². The Bertz CT molecular complexity index is 354. The van der Waals surface area contributed by atoms with Crippen molar-refractivity contribution >= 4 is 5.91 Å². The Balaban J connectivity index is 2.40. The van der Waals surface area contributed by atoms with Crippen molar-refractivity contribution in [2.45, 2.75) is 45.9 Å². The molecular weight excluding hydrogens is 214 g/mol. The van der Waals surface area contributed by atoms with E-state index in [-0.39, 0.29) is 11.4 Å². The van der Waals surface area contributed by atoms with Gasteiger partial charge in [0.2, 0.25) is 5.91 Å². The maximum absolute atomic E-state index is 11.7. The minimum Gasteiger partial charge on any atom is -0.364 e. The van der Waals surface area contributed by atoms with Crippen LogP contribution in [-0.2, 0) is 16.1 Å². The fraction of sp³-hybridized carbons (Fsp3) is 0.500. The van der Waals surface area contributed by atoms with Crippen LogP contribution in [0.3, 0.4) is 0 Å². The molecule has 1 aromatic rings. The van der Waals surface area contributed by atoms with Crippen molar-refractivity contribution in [3.05, 3.63) is 35.9 Å². The van der Waals surface area contributed by atoms with E-state index < -0.39 is 6.10 Å². The monoisotopic (exact) mass is 235 g/mol. The first kappa shape index (κ1) is 13.7. The van der Waals surface area contributed by atoms with Gasteiger partial charge in [0, 0.05) is 5.54 Å². The number of rotatable bonds is 4. The summed E-state index contributed by atoms with van der Waals surface area (Å²) in [4.78, 5) is 11.7. The van der Waals surface area contributed by atoms with Gasteiger partial charge in [0.1, 0.15) is 6.10 Å². The van der Waals surface area contributed by atoms with E-state index in [0.717, 1.165) is 5.56 Å². The lowest BCUT2D eigenvalue weighted by Crippen LogP contribution is -2.45. The minimum atomic E-state index is -0.436. The van der Waals surface area contributed by atoms with Gasteiger partial charge in [-0.15, -0.1) is 0 Å². The van der Waals surface area contributed by atoms with Crippen LogP contribution in [0.4, 0.5) is 0 Å². The predicted octanol–water partition coefficient (Wildman–Crippen LogP) is 2.51. The van der Waals surface area contributed by atoms with E-state index in [2.05, 4.69) is 5.32 Å². The van der Waals surface area contributed by atoms with Gasteiger partial charge in [0.25, 0.3) is 0 Å². The van der Waals surface area contributed by atoms with Gasteiger partial charge < -0.3 is 10.1 Å². The van der Waals surface area contributed by atoms with Crippen LogP contribution in [0.25, 0.3) is 0 Å². The lowest BCUT2D eigenvalue weighted by Gasteiger charge is -2.23. The van der Waals surface area contributed by atoms with Gasteiger partial charge >= 0.3 is 0 Å². The van der Waals surface area contributed by atoms with Crippen LogP contribution in [-0.4, -0.2) is 17.6 Å². The lowest BCUT2D eigenvalue weighted by molar-refractivity contribution is -0.133. The molecule has 0 aliphatic rings. The molecule has 94 valence electrons. The quantitative estimate of drug-likeness (QED) is 0.870. The Kier molecular flexibility index (Phi) is 4.70. The van der Waals surface area contributed by atoms with Crippen LogP contribution >= 0.6 is 0 Å². The Morgan fingerprint density at radius 2 is 1.88 bits per heavy atom. The Hall–Kier alpha value is -1.35. The molecule has 1 aromatic carbocycles. The van der Waals surface area contributed by atoms with Gasteiger partial charge in [0.05, 0.1) is 6.61 Å². The normalized spacial score (nSPS) is 13.2. The summed E-state index contributed by atoms with van der Waals surface area (Å²) >= 11 is 0. The first-order valence-electron chi connectivity index (χ1n) is 5.86. The number of carbonyl (C=O) groups is 1. The van der Waals surface area contributed by atoms with Crippen LogP contribution < -0.4 is 5.32 Å². The molecule has 0 fully saturated rings. The van der Waals surface area contributed by atoms with E-state index in [1.807, 2.05) is 51.1 Å². The van der Waals surface area contributed by atoms with Crippen LogP contribution in [0.5, 0.6) is 0 Å². The molecule has 0 heterocycles. The summed E-state index contributed by atoms with van der Waals surface area (Å²) in [5, 5.41) is 2.89. The highest BCUT2D eigenvalue weighted by molar-refractivity contribution is 5.80. The van der Waals surface area contributed by atoms with Gasteiger partial charge in [-0.2, -0.15) is 0 Å². The molecule has 3 heteroatoms. The average molecular weight is 235 g/mol. The van der Waals surface area contributed by atoms with E-state index in [1.165, 1.54) is 0 Å². The highest BCUT2D eigenvalue weighted by Crippen LogP contribution is 2.05. The van der Waals surface area contributed by atoms with E-state index in [1.54, 1.807) is 6.92 Å². The zero-order chi connectivity index (χ0) is 12.9. The molecule has 1 amide bonds. The number of benzene rings is 1. The minimum absolute atomic E-state index is 0.0755. The molecule has 17 heavy (non-hydrogen) atoms. The third-order valence-corrected chi connectivity index (χ3v) is 2.21. The number of ether oxygens (including phenoxy) is 1. The van der Waals surface area contributed by atoms with Gasteiger partial charge in [-0.1, -0.05) is 30.3 Å². The van der Waals surface area contributed by atoms with Crippen LogP contribution in [0.1, 0.15) is 33.3 Å². The maximum atomic E-state index is 11.7. The number of nitrogens with one attached hydrogen (secondary N) is 1. The molecule has 0 saturated heterocycles. The molecule has 0 aliphatic carbocycles. The Morgan fingerprint density at radius 1 is 1.29 bits per heavy atom. The average Bonchev–Trinajstić information content (AvgIpc) is 2.25. The largest absolute Gasteiger partial charge is 0.364 e. The molecule has 0 unspecified atom stereocenters. The van der Waals surface area contributed by atoms with Gasteiger partial charge in [-0.25, -0.2) is 0 Å². The molecule has 0 aromatic heterocycles. The number of hydrogen-bond donors (Lipinski definition) is 1. The van der Waals surface area contributed by atoms with Crippen LogP contribution in [0.2, 0.25) is 0 Å². The second kappa shape index (κ2) is 5.82. The molecule has 3 nitrogen and oxygen atoms in total. The second-order valence-electron chi connectivity index (χ2n) is 5.18. The maximum Gasteiger partial charge on any atom is 0.249 e. The van der Waals surface area contributed by atoms with Crippen molar-refractivity contribution in [2.24, 2.45) is 0 Å². The summed E-state index contributed by atoms with van der Waals surface area (Å²) < 4.78 is 5.52. The van der Waals surface area contributed by atoms with Crippen molar-refractivity contribution in [1.29, 1.82) is 0 Å². The summed E-state index contributed by atoms with van der Waals surface area (Å²) in [6.45, 7) is 8.09. The number of hydrogen-bond acceptors (Lipinski definition) is 2. The smallest absolute Gasteiger partial charge is 0.249 e. The van der Waals surface area contributed by atoms with E-state index in [4.69, 9.17) is 4.74 Å². The first-order valence-corrected chi connectivity index (χ1v) is 5.86. The third kappa shape index (κ3) is 5.50. The molecule has 0 spiro atoms. The van der Waals surface area contributed by atoms with Crippen molar-refractivity contribution < 1.29 is 9.53 Å². The third-order valence-electron chi connectivity index (χ3n) is 2.21. The SMILES string of the molecule is C[C@@H](OCc1ccccc1)C(=O)NC(C)(C)C. The van der Waals surface area contributed by atoms with Crippen molar-refractivity contribution in [3.63, 3.8) is 0 Å². The Labute approximate surface area is 103 Å². The second-order valence-corrected chi connectivity index (χ2v) is 5.18. The molecule has 1 rings (SSSR count). The van der Waals surface area contributed by atoms with E-state index in [9.17, 15) is 4.79 Å². The van der Waals surface area contributed by atoms with Gasteiger partial charge in [0.15, 0.2) is 0 Å². The summed E-state index contributed by atoms with van der Waals surface area (Å²) in [5.74, 6) is -0.0755. The number of carbonyl (C=O) groups excluding carboxylic acids is 1. The molecule has 1 N–H and O–H groups in total. The van der Waals surface area contributed by atoms with Gasteiger partial charge in [-0.3, -0.25) is 4.79 Å². The molecular formula is C14H21NO2. The summed E-state index contributed by atoms with van der Waals surface area (Å²) in [5.41, 5.74) is 0.851. The zero-order valence-corrected chi connectivity index (χ0v) is 11.0. The molecule has 0 bridgehead atoms. The van der Waals surface area contributed by atoms with Crippen LogP contribution in [0, 0.1) is 0 Å². The standard InChI is InChI=1S/C14H21NO2/c1-11(13(16)15-14(2,3)4)17-10-12-8-6-5-7-9-12/h5-9,11H,10H2,1-4H3,(H,15,16)/t11-/m1/s1. The van der Waals surface area contributed by atoms with Gasteiger partial charge in [-0.05, 0) is 33.3 Å². The molecule has 0 aliphatic heterocycles. The molecule has 1 atom stereocenters. The summed E-state index contributed by atoms with van der Waals surface area (Å²) in [6.07, 6.45) is -0.436. The number of amides is 1. The van der Waals surface area contributed by atoms with Crippen molar-refractivity contribution in [3.8, 4) is 0 Å². The van der Waals surface area contributed by atoms with Crippen LogP contribution in [0.15, 0.2) is 30.3 Å². The van der Waals surface area contributed by atoms with E-state index in [0.29, 0.717) is 6.61 Å². The van der Waals surface area contributed by atoms with Crippen molar-refractivity contribution in [1.82, 2.24) is 5.32 Å². The van der Waals surface area contributed by atoms with E-state index >= 15 is 0 Å². The lowest BCUT2D eigenvalue weighted by atomic mass is 10.1. The topological polar surface area (TPSA) is 38.3 Å². The zero-order valence-electron chi connectivity index (χ0n) is 11.0. The first-order chi connectivity index (χ1) is 7.88.